The van der Waals surface area contributed by atoms with E-state index >= 15 is 0 Å². The molecule has 1 heterocycles. The summed E-state index contributed by atoms with van der Waals surface area (Å²) in [5.41, 5.74) is 3.42. The zero-order valence-electron chi connectivity index (χ0n) is 11.5. The number of aromatic nitrogens is 2. The van der Waals surface area contributed by atoms with Crippen LogP contribution in [-0.2, 0) is 6.54 Å². The highest BCUT2D eigenvalue weighted by Crippen LogP contribution is 2.30. The topological polar surface area (TPSA) is 44.1 Å². The van der Waals surface area contributed by atoms with Gasteiger partial charge in [0.25, 0.3) is 0 Å². The standard InChI is InChI=1S/C15H18N2O2/c1-4-17-12(10-18)9-14(16-17)13-8-11(3)6-7-15(13)19-5-2/h6-10H,4-5H2,1-3H3. The van der Waals surface area contributed by atoms with Gasteiger partial charge in [0.1, 0.15) is 11.4 Å². The van der Waals surface area contributed by atoms with Crippen molar-refractivity contribution in [1.29, 1.82) is 0 Å². The van der Waals surface area contributed by atoms with Gasteiger partial charge in [-0.1, -0.05) is 11.6 Å². The van der Waals surface area contributed by atoms with Gasteiger partial charge in [0.05, 0.1) is 12.3 Å². The molecule has 0 saturated carbocycles. The number of hydrogen-bond donors (Lipinski definition) is 0. The number of carbonyl (C=O) groups is 1. The zero-order chi connectivity index (χ0) is 13.8. The van der Waals surface area contributed by atoms with Crippen molar-refractivity contribution in [1.82, 2.24) is 9.78 Å². The van der Waals surface area contributed by atoms with Gasteiger partial charge in [-0.25, -0.2) is 0 Å². The maximum atomic E-state index is 11.0. The Labute approximate surface area is 113 Å². The molecule has 1 aromatic heterocycles. The van der Waals surface area contributed by atoms with Crippen molar-refractivity contribution >= 4 is 6.29 Å². The molecule has 4 heteroatoms. The van der Waals surface area contributed by atoms with E-state index in [1.165, 1.54) is 0 Å². The first-order chi connectivity index (χ1) is 9.19. The highest BCUT2D eigenvalue weighted by atomic mass is 16.5. The van der Waals surface area contributed by atoms with Crippen LogP contribution in [-0.4, -0.2) is 22.7 Å². The first-order valence-electron chi connectivity index (χ1n) is 6.46. The SMILES string of the molecule is CCOc1ccc(C)cc1-c1cc(C=O)n(CC)n1. The van der Waals surface area contributed by atoms with Crippen LogP contribution in [0.15, 0.2) is 24.3 Å². The zero-order valence-corrected chi connectivity index (χ0v) is 11.5. The number of aldehydes is 1. The summed E-state index contributed by atoms with van der Waals surface area (Å²) in [5.74, 6) is 0.798. The van der Waals surface area contributed by atoms with E-state index < -0.39 is 0 Å². The fourth-order valence-corrected chi connectivity index (χ4v) is 2.04. The first kappa shape index (κ1) is 13.3. The second-order valence-electron chi connectivity index (χ2n) is 4.32. The quantitative estimate of drug-likeness (QED) is 0.774. The molecule has 1 aromatic carbocycles. The molecule has 0 bridgehead atoms. The molecule has 0 saturated heterocycles. The van der Waals surface area contributed by atoms with Gasteiger partial charge in [0.2, 0.25) is 0 Å². The fourth-order valence-electron chi connectivity index (χ4n) is 2.04. The lowest BCUT2D eigenvalue weighted by Crippen LogP contribution is -2.01. The van der Waals surface area contributed by atoms with E-state index in [1.807, 2.05) is 39.0 Å². The Kier molecular flexibility index (Phi) is 4.00. The summed E-state index contributed by atoms with van der Waals surface area (Å²) in [7, 11) is 0. The lowest BCUT2D eigenvalue weighted by Gasteiger charge is -2.09. The van der Waals surface area contributed by atoms with Gasteiger partial charge in [-0.2, -0.15) is 5.10 Å². The maximum absolute atomic E-state index is 11.0. The van der Waals surface area contributed by atoms with E-state index in [0.717, 1.165) is 28.9 Å². The van der Waals surface area contributed by atoms with Gasteiger partial charge in [-0.15, -0.1) is 0 Å². The van der Waals surface area contributed by atoms with Crippen LogP contribution in [0.5, 0.6) is 5.75 Å². The van der Waals surface area contributed by atoms with Gasteiger partial charge in [0.15, 0.2) is 6.29 Å². The van der Waals surface area contributed by atoms with E-state index in [2.05, 4.69) is 5.10 Å². The number of benzene rings is 1. The smallest absolute Gasteiger partial charge is 0.168 e. The molecule has 2 rings (SSSR count). The van der Waals surface area contributed by atoms with Crippen LogP contribution < -0.4 is 4.74 Å². The number of aryl methyl sites for hydroxylation is 2. The lowest BCUT2D eigenvalue weighted by atomic mass is 10.1. The summed E-state index contributed by atoms with van der Waals surface area (Å²) in [6.07, 6.45) is 0.830. The first-order valence-corrected chi connectivity index (χ1v) is 6.46. The number of carbonyl (C=O) groups excluding carboxylic acids is 1. The van der Waals surface area contributed by atoms with Crippen molar-refractivity contribution in [3.63, 3.8) is 0 Å². The van der Waals surface area contributed by atoms with Gasteiger partial charge in [-0.3, -0.25) is 9.48 Å². The van der Waals surface area contributed by atoms with Crippen LogP contribution in [0.25, 0.3) is 11.3 Å². The Bertz CT molecular complexity index is 588. The molecule has 0 radical (unpaired) electrons. The van der Waals surface area contributed by atoms with E-state index in [0.29, 0.717) is 18.8 Å². The highest BCUT2D eigenvalue weighted by Gasteiger charge is 2.12. The minimum Gasteiger partial charge on any atom is -0.493 e. The Morgan fingerprint density at radius 1 is 1.32 bits per heavy atom. The van der Waals surface area contributed by atoms with Crippen molar-refractivity contribution in [3.05, 3.63) is 35.5 Å². The third-order valence-electron chi connectivity index (χ3n) is 2.94. The van der Waals surface area contributed by atoms with Crippen molar-refractivity contribution in [3.8, 4) is 17.0 Å². The van der Waals surface area contributed by atoms with Crippen molar-refractivity contribution in [2.75, 3.05) is 6.61 Å². The van der Waals surface area contributed by atoms with Crippen molar-refractivity contribution < 1.29 is 9.53 Å². The van der Waals surface area contributed by atoms with Crippen LogP contribution >= 0.6 is 0 Å². The van der Waals surface area contributed by atoms with Gasteiger partial charge >= 0.3 is 0 Å². The molecule has 0 aliphatic rings. The predicted octanol–water partition coefficient (Wildman–Crippen LogP) is 3.09. The predicted molar refractivity (Wildman–Crippen MR) is 74.6 cm³/mol. The van der Waals surface area contributed by atoms with Crippen LogP contribution in [0.2, 0.25) is 0 Å². The number of nitrogens with zero attached hydrogens (tertiary/aromatic N) is 2. The van der Waals surface area contributed by atoms with Crippen molar-refractivity contribution in [2.45, 2.75) is 27.3 Å². The molecule has 0 amide bonds. The molecular weight excluding hydrogens is 240 g/mol. The second-order valence-corrected chi connectivity index (χ2v) is 4.32. The minimum absolute atomic E-state index is 0.585. The summed E-state index contributed by atoms with van der Waals surface area (Å²) < 4.78 is 7.32. The summed E-state index contributed by atoms with van der Waals surface area (Å²) in [5, 5.41) is 4.46. The minimum atomic E-state index is 0.585. The number of ether oxygens (including phenoxy) is 1. The van der Waals surface area contributed by atoms with Crippen LogP contribution in [0.1, 0.15) is 29.9 Å². The molecule has 0 unspecified atom stereocenters. The van der Waals surface area contributed by atoms with E-state index in [9.17, 15) is 4.79 Å². The molecule has 0 N–H and O–H groups in total. The largest absolute Gasteiger partial charge is 0.493 e. The number of rotatable bonds is 5. The molecule has 19 heavy (non-hydrogen) atoms. The Morgan fingerprint density at radius 3 is 2.68 bits per heavy atom. The van der Waals surface area contributed by atoms with E-state index in [-0.39, 0.29) is 0 Å². The molecule has 0 fully saturated rings. The third kappa shape index (κ3) is 2.67. The van der Waals surface area contributed by atoms with Gasteiger partial charge < -0.3 is 4.74 Å². The summed E-state index contributed by atoms with van der Waals surface area (Å²) in [6, 6.07) is 7.78. The van der Waals surface area contributed by atoms with Crippen molar-refractivity contribution in [2.24, 2.45) is 0 Å². The van der Waals surface area contributed by atoms with Crippen LogP contribution in [0.3, 0.4) is 0 Å². The highest BCUT2D eigenvalue weighted by molar-refractivity contribution is 5.77. The maximum Gasteiger partial charge on any atom is 0.168 e. The molecule has 0 aliphatic heterocycles. The Balaban J connectivity index is 2.53. The molecule has 4 nitrogen and oxygen atoms in total. The van der Waals surface area contributed by atoms with Gasteiger partial charge in [-0.05, 0) is 39.0 Å². The summed E-state index contributed by atoms with van der Waals surface area (Å²) >= 11 is 0. The molecule has 0 aliphatic carbocycles. The van der Waals surface area contributed by atoms with E-state index in [4.69, 9.17) is 4.74 Å². The molecule has 2 aromatic rings. The molecular formula is C15H18N2O2. The van der Waals surface area contributed by atoms with Crippen LogP contribution in [0.4, 0.5) is 0 Å². The summed E-state index contributed by atoms with van der Waals surface area (Å²) in [4.78, 5) is 11.0. The lowest BCUT2D eigenvalue weighted by molar-refractivity contribution is 0.111. The normalized spacial score (nSPS) is 10.5. The second kappa shape index (κ2) is 5.69. The number of hydrogen-bond acceptors (Lipinski definition) is 3. The third-order valence-corrected chi connectivity index (χ3v) is 2.94. The van der Waals surface area contributed by atoms with Crippen LogP contribution in [0, 0.1) is 6.92 Å². The molecule has 0 atom stereocenters. The average molecular weight is 258 g/mol. The molecule has 0 spiro atoms. The van der Waals surface area contributed by atoms with Gasteiger partial charge in [0, 0.05) is 12.1 Å². The fraction of sp³-hybridized carbons (Fsp3) is 0.333. The summed E-state index contributed by atoms with van der Waals surface area (Å²) in [6.45, 7) is 7.21. The Morgan fingerprint density at radius 2 is 2.11 bits per heavy atom. The average Bonchev–Trinajstić information content (AvgIpc) is 2.84. The van der Waals surface area contributed by atoms with E-state index in [1.54, 1.807) is 10.7 Å². The Hall–Kier alpha value is -2.10. The molecule has 100 valence electrons. The monoisotopic (exact) mass is 258 g/mol.